The first kappa shape index (κ1) is 12.8. The molecule has 0 saturated heterocycles. The number of aromatic carboxylic acids is 1. The van der Waals surface area contributed by atoms with E-state index < -0.39 is 11.8 Å². The Morgan fingerprint density at radius 2 is 2.10 bits per heavy atom. The highest BCUT2D eigenvalue weighted by atomic mass is 19.1. The van der Waals surface area contributed by atoms with Crippen LogP contribution in [0, 0.1) is 5.82 Å². The fourth-order valence-electron chi connectivity index (χ4n) is 2.81. The number of hydrogen-bond acceptors (Lipinski definition) is 3. The molecule has 104 valence electrons. The summed E-state index contributed by atoms with van der Waals surface area (Å²) < 4.78 is 18.6. The van der Waals surface area contributed by atoms with Gasteiger partial charge in [-0.3, -0.25) is 0 Å². The van der Waals surface area contributed by atoms with E-state index in [4.69, 9.17) is 4.52 Å². The molecule has 20 heavy (non-hydrogen) atoms. The fourth-order valence-corrected chi connectivity index (χ4v) is 2.81. The summed E-state index contributed by atoms with van der Waals surface area (Å²) in [6, 6.07) is 5.73. The van der Waals surface area contributed by atoms with Crippen LogP contribution < -0.4 is 0 Å². The number of carboxylic acids is 1. The second-order valence-corrected chi connectivity index (χ2v) is 5.07. The Balaban J connectivity index is 2.09. The average Bonchev–Trinajstić information content (AvgIpc) is 3.07. The lowest BCUT2D eigenvalue weighted by molar-refractivity contribution is 0.0694. The molecule has 1 aromatic carbocycles. The van der Waals surface area contributed by atoms with Crippen LogP contribution in [0.15, 0.2) is 28.8 Å². The molecule has 0 bridgehead atoms. The van der Waals surface area contributed by atoms with Crippen LogP contribution in [0.5, 0.6) is 0 Å². The van der Waals surface area contributed by atoms with Crippen LogP contribution >= 0.6 is 0 Å². The Labute approximate surface area is 115 Å². The van der Waals surface area contributed by atoms with Crippen molar-refractivity contribution in [2.75, 3.05) is 0 Å². The van der Waals surface area contributed by atoms with Gasteiger partial charge in [0.1, 0.15) is 17.1 Å². The summed E-state index contributed by atoms with van der Waals surface area (Å²) >= 11 is 0. The van der Waals surface area contributed by atoms with E-state index in [0.29, 0.717) is 11.3 Å². The molecule has 0 radical (unpaired) electrons. The van der Waals surface area contributed by atoms with E-state index in [1.807, 2.05) is 0 Å². The molecule has 0 unspecified atom stereocenters. The van der Waals surface area contributed by atoms with Gasteiger partial charge >= 0.3 is 5.97 Å². The first-order valence-electron chi connectivity index (χ1n) is 6.65. The van der Waals surface area contributed by atoms with Gasteiger partial charge in [0.25, 0.3) is 0 Å². The molecule has 1 saturated carbocycles. The standard InChI is InChI=1S/C15H14FNO3/c16-11-7-3-6-10(8-11)13-12(15(18)19)14(20-17-13)9-4-1-2-5-9/h3,6-9H,1-2,4-5H2,(H,18,19). The van der Waals surface area contributed by atoms with Crippen LogP contribution in [0.4, 0.5) is 4.39 Å². The van der Waals surface area contributed by atoms with Gasteiger partial charge in [-0.05, 0) is 25.0 Å². The molecule has 0 amide bonds. The number of aromatic nitrogens is 1. The average molecular weight is 275 g/mol. The highest BCUT2D eigenvalue weighted by Crippen LogP contribution is 2.38. The first-order chi connectivity index (χ1) is 9.66. The molecule has 1 N–H and O–H groups in total. The smallest absolute Gasteiger partial charge is 0.341 e. The van der Waals surface area contributed by atoms with Gasteiger partial charge < -0.3 is 9.63 Å². The molecule has 0 atom stereocenters. The molecule has 0 spiro atoms. The third-order valence-corrected chi connectivity index (χ3v) is 3.76. The molecule has 1 fully saturated rings. The maximum atomic E-state index is 13.3. The van der Waals surface area contributed by atoms with Crippen LogP contribution in [-0.2, 0) is 0 Å². The SMILES string of the molecule is O=C(O)c1c(-c2cccc(F)c2)noc1C1CCCC1. The van der Waals surface area contributed by atoms with Gasteiger partial charge in [-0.15, -0.1) is 0 Å². The summed E-state index contributed by atoms with van der Waals surface area (Å²) in [5.74, 6) is -0.971. The van der Waals surface area contributed by atoms with E-state index in [9.17, 15) is 14.3 Å². The number of halogens is 1. The van der Waals surface area contributed by atoms with Crippen molar-refractivity contribution in [3.8, 4) is 11.3 Å². The van der Waals surface area contributed by atoms with Gasteiger partial charge in [0.05, 0.1) is 0 Å². The van der Waals surface area contributed by atoms with Gasteiger partial charge in [0, 0.05) is 11.5 Å². The Morgan fingerprint density at radius 3 is 2.75 bits per heavy atom. The number of benzene rings is 1. The largest absolute Gasteiger partial charge is 0.477 e. The number of rotatable bonds is 3. The van der Waals surface area contributed by atoms with Crippen molar-refractivity contribution >= 4 is 5.97 Å². The van der Waals surface area contributed by atoms with E-state index in [2.05, 4.69) is 5.16 Å². The normalized spacial score (nSPS) is 15.7. The highest BCUT2D eigenvalue weighted by molar-refractivity contribution is 5.96. The van der Waals surface area contributed by atoms with Crippen molar-refractivity contribution in [3.63, 3.8) is 0 Å². The Hall–Kier alpha value is -2.17. The summed E-state index contributed by atoms with van der Waals surface area (Å²) in [6.07, 6.45) is 3.97. The minimum Gasteiger partial charge on any atom is -0.477 e. The van der Waals surface area contributed by atoms with Crippen LogP contribution in [0.1, 0.15) is 47.7 Å². The van der Waals surface area contributed by atoms with Gasteiger partial charge in [-0.1, -0.05) is 30.1 Å². The minimum atomic E-state index is -1.08. The molecule has 1 aromatic heterocycles. The van der Waals surface area contributed by atoms with E-state index in [1.54, 1.807) is 6.07 Å². The zero-order chi connectivity index (χ0) is 14.1. The van der Waals surface area contributed by atoms with Crippen molar-refractivity contribution in [2.45, 2.75) is 31.6 Å². The quantitative estimate of drug-likeness (QED) is 0.924. The van der Waals surface area contributed by atoms with Gasteiger partial charge in [0.2, 0.25) is 0 Å². The zero-order valence-corrected chi connectivity index (χ0v) is 10.8. The lowest BCUT2D eigenvalue weighted by Gasteiger charge is -2.05. The topological polar surface area (TPSA) is 63.3 Å². The van der Waals surface area contributed by atoms with Crippen LogP contribution in [0.2, 0.25) is 0 Å². The molecule has 4 nitrogen and oxygen atoms in total. The summed E-state index contributed by atoms with van der Waals surface area (Å²) in [7, 11) is 0. The van der Waals surface area contributed by atoms with Crippen molar-refractivity contribution in [1.29, 1.82) is 0 Å². The fraction of sp³-hybridized carbons (Fsp3) is 0.333. The van der Waals surface area contributed by atoms with Gasteiger partial charge in [-0.2, -0.15) is 0 Å². The van der Waals surface area contributed by atoms with Gasteiger partial charge in [0.15, 0.2) is 5.76 Å². The molecular formula is C15H14FNO3. The highest BCUT2D eigenvalue weighted by Gasteiger charge is 2.30. The van der Waals surface area contributed by atoms with Gasteiger partial charge in [-0.25, -0.2) is 9.18 Å². The second kappa shape index (κ2) is 5.07. The number of carboxylic acid groups (broad SMARTS) is 1. The molecule has 2 aromatic rings. The van der Waals surface area contributed by atoms with E-state index in [0.717, 1.165) is 25.7 Å². The Morgan fingerprint density at radius 1 is 1.35 bits per heavy atom. The lowest BCUT2D eigenvalue weighted by atomic mass is 9.97. The number of hydrogen-bond donors (Lipinski definition) is 1. The number of nitrogens with zero attached hydrogens (tertiary/aromatic N) is 1. The van der Waals surface area contributed by atoms with E-state index in [1.165, 1.54) is 18.2 Å². The van der Waals surface area contributed by atoms with Crippen molar-refractivity contribution < 1.29 is 18.8 Å². The summed E-state index contributed by atoms with van der Waals surface area (Å²) in [4.78, 5) is 11.5. The molecule has 1 heterocycles. The number of carbonyl (C=O) groups is 1. The molecule has 5 heteroatoms. The summed E-state index contributed by atoms with van der Waals surface area (Å²) in [6.45, 7) is 0. The maximum absolute atomic E-state index is 13.3. The predicted octanol–water partition coefficient (Wildman–Crippen LogP) is 3.84. The summed E-state index contributed by atoms with van der Waals surface area (Å²) in [5.41, 5.74) is 0.705. The third kappa shape index (κ3) is 2.19. The predicted molar refractivity (Wildman–Crippen MR) is 70.1 cm³/mol. The molecule has 3 rings (SSSR count). The van der Waals surface area contributed by atoms with Crippen molar-refractivity contribution in [3.05, 3.63) is 41.4 Å². The Bertz CT molecular complexity index is 644. The third-order valence-electron chi connectivity index (χ3n) is 3.76. The lowest BCUT2D eigenvalue weighted by Crippen LogP contribution is -2.04. The zero-order valence-electron chi connectivity index (χ0n) is 10.8. The minimum absolute atomic E-state index is 0.0718. The van der Waals surface area contributed by atoms with Crippen LogP contribution in [0.3, 0.4) is 0 Å². The monoisotopic (exact) mass is 275 g/mol. The molecular weight excluding hydrogens is 261 g/mol. The van der Waals surface area contributed by atoms with E-state index >= 15 is 0 Å². The second-order valence-electron chi connectivity index (χ2n) is 5.07. The summed E-state index contributed by atoms with van der Waals surface area (Å²) in [5, 5.41) is 13.3. The molecule has 1 aliphatic carbocycles. The van der Waals surface area contributed by atoms with E-state index in [-0.39, 0.29) is 17.2 Å². The first-order valence-corrected chi connectivity index (χ1v) is 6.65. The van der Waals surface area contributed by atoms with Crippen molar-refractivity contribution in [1.82, 2.24) is 5.16 Å². The maximum Gasteiger partial charge on any atom is 0.341 e. The molecule has 0 aliphatic heterocycles. The van der Waals surface area contributed by atoms with Crippen LogP contribution in [0.25, 0.3) is 11.3 Å². The van der Waals surface area contributed by atoms with Crippen molar-refractivity contribution in [2.24, 2.45) is 0 Å². The molecule has 1 aliphatic rings. The Kier molecular flexibility index (Phi) is 3.26. The van der Waals surface area contributed by atoms with Crippen LogP contribution in [-0.4, -0.2) is 16.2 Å².